The molecule has 0 aromatic heterocycles. The molecule has 1 amide bonds. The molecule has 0 saturated carbocycles. The van der Waals surface area contributed by atoms with Crippen molar-refractivity contribution in [3.63, 3.8) is 0 Å². The molecule has 4 nitrogen and oxygen atoms in total. The fraction of sp³-hybridized carbons (Fsp3) is 0.318. The van der Waals surface area contributed by atoms with Crippen LogP contribution in [0.5, 0.6) is 0 Å². The second kappa shape index (κ2) is 7.62. The van der Waals surface area contributed by atoms with Crippen LogP contribution in [0, 0.1) is 5.82 Å². The van der Waals surface area contributed by atoms with E-state index in [4.69, 9.17) is 0 Å². The van der Waals surface area contributed by atoms with Gasteiger partial charge >= 0.3 is 0 Å². The van der Waals surface area contributed by atoms with Gasteiger partial charge in [-0.1, -0.05) is 42.5 Å². The van der Waals surface area contributed by atoms with E-state index in [0.29, 0.717) is 6.54 Å². The number of carbonyl (C=O) groups is 1. The molecule has 1 aliphatic heterocycles. The molecule has 2 aliphatic rings. The number of piperazine rings is 1. The number of benzene rings is 2. The van der Waals surface area contributed by atoms with Crippen molar-refractivity contribution in [2.24, 2.45) is 0 Å². The van der Waals surface area contributed by atoms with E-state index in [9.17, 15) is 9.18 Å². The average Bonchev–Trinajstić information content (AvgIpc) is 3.47. The highest BCUT2D eigenvalue weighted by atomic mass is 19.1. The van der Waals surface area contributed by atoms with E-state index in [1.54, 1.807) is 12.1 Å². The second-order valence-electron chi connectivity index (χ2n) is 7.25. The van der Waals surface area contributed by atoms with Gasteiger partial charge in [0.1, 0.15) is 5.82 Å². The minimum absolute atomic E-state index is 0.175. The molecule has 1 heterocycles. The Bertz CT molecular complexity index is 837. The first-order chi connectivity index (χ1) is 13.1. The van der Waals surface area contributed by atoms with Crippen LogP contribution in [-0.4, -0.2) is 61.5 Å². The Morgan fingerprint density at radius 2 is 1.52 bits per heavy atom. The third kappa shape index (κ3) is 4.26. The van der Waals surface area contributed by atoms with Crippen molar-refractivity contribution < 1.29 is 9.18 Å². The third-order valence-corrected chi connectivity index (χ3v) is 5.30. The summed E-state index contributed by atoms with van der Waals surface area (Å²) in [4.78, 5) is 16.5. The van der Waals surface area contributed by atoms with E-state index in [0.717, 1.165) is 42.9 Å². The van der Waals surface area contributed by atoms with Gasteiger partial charge in [0.2, 0.25) is 5.91 Å². The molecule has 1 aliphatic carbocycles. The summed E-state index contributed by atoms with van der Waals surface area (Å²) in [5.41, 5.74) is 4.45. The highest BCUT2D eigenvalue weighted by Crippen LogP contribution is 2.33. The summed E-state index contributed by atoms with van der Waals surface area (Å²) < 4.78 is 13.0. The molecule has 2 aromatic rings. The van der Waals surface area contributed by atoms with E-state index in [1.165, 1.54) is 17.7 Å². The van der Waals surface area contributed by atoms with Crippen LogP contribution in [0.3, 0.4) is 0 Å². The lowest BCUT2D eigenvalue weighted by Gasteiger charge is -2.32. The van der Waals surface area contributed by atoms with E-state index >= 15 is 0 Å². The van der Waals surface area contributed by atoms with Gasteiger partial charge in [-0.15, -0.1) is 0 Å². The van der Waals surface area contributed by atoms with Gasteiger partial charge < -0.3 is 9.80 Å². The van der Waals surface area contributed by atoms with Crippen LogP contribution in [0.1, 0.15) is 5.56 Å². The van der Waals surface area contributed by atoms with E-state index in [1.807, 2.05) is 17.0 Å². The predicted octanol–water partition coefficient (Wildman–Crippen LogP) is 2.62. The molecule has 5 heteroatoms. The lowest BCUT2D eigenvalue weighted by Crippen LogP contribution is -2.49. The number of hydrogen-bond donors (Lipinski definition) is 1. The van der Waals surface area contributed by atoms with Crippen LogP contribution < -0.4 is 5.32 Å². The fourth-order valence-electron chi connectivity index (χ4n) is 3.44. The molecule has 4 rings (SSSR count). The van der Waals surface area contributed by atoms with Gasteiger partial charge in [0, 0.05) is 26.2 Å². The number of amides is 1. The van der Waals surface area contributed by atoms with Crippen LogP contribution in [0.25, 0.3) is 16.7 Å². The quantitative estimate of drug-likeness (QED) is 0.885. The SMILES string of the molecule is CN1CCN(C(=O)CNC2C=C2c2ccc(-c3ccc(F)cc3)cc2)CC1. The van der Waals surface area contributed by atoms with Crippen molar-refractivity contribution in [2.45, 2.75) is 6.04 Å². The maximum absolute atomic E-state index is 13.0. The molecular formula is C22H24FN3O. The highest BCUT2D eigenvalue weighted by Gasteiger charge is 2.27. The minimum Gasteiger partial charge on any atom is -0.339 e. The summed E-state index contributed by atoms with van der Waals surface area (Å²) in [6.45, 7) is 3.89. The summed E-state index contributed by atoms with van der Waals surface area (Å²) >= 11 is 0. The standard InChI is InChI=1S/C22H24FN3O/c1-25-10-12-26(13-11-25)22(27)15-24-21-14-20(21)18-4-2-16(3-5-18)17-6-8-19(23)9-7-17/h2-9,14,21,24H,10-13,15H2,1H3. The molecule has 1 unspecified atom stereocenters. The molecule has 0 radical (unpaired) electrons. The normalized spacial score (nSPS) is 19.7. The predicted molar refractivity (Wildman–Crippen MR) is 106 cm³/mol. The maximum atomic E-state index is 13.0. The Morgan fingerprint density at radius 3 is 2.15 bits per heavy atom. The largest absolute Gasteiger partial charge is 0.339 e. The monoisotopic (exact) mass is 365 g/mol. The van der Waals surface area contributed by atoms with Gasteiger partial charge in [-0.3, -0.25) is 10.1 Å². The van der Waals surface area contributed by atoms with Crippen LogP contribution in [-0.2, 0) is 4.79 Å². The van der Waals surface area contributed by atoms with Crippen molar-refractivity contribution in [3.8, 4) is 11.1 Å². The van der Waals surface area contributed by atoms with Crippen LogP contribution in [0.15, 0.2) is 54.6 Å². The molecule has 27 heavy (non-hydrogen) atoms. The summed E-state index contributed by atoms with van der Waals surface area (Å²) in [6, 6.07) is 15.0. The molecular weight excluding hydrogens is 341 g/mol. The van der Waals surface area contributed by atoms with Crippen LogP contribution in [0.2, 0.25) is 0 Å². The number of nitrogens with one attached hydrogen (secondary N) is 1. The lowest BCUT2D eigenvalue weighted by molar-refractivity contribution is -0.131. The van der Waals surface area contributed by atoms with E-state index in [-0.39, 0.29) is 17.8 Å². The topological polar surface area (TPSA) is 35.6 Å². The van der Waals surface area contributed by atoms with Crippen LogP contribution >= 0.6 is 0 Å². The molecule has 140 valence electrons. The summed E-state index contributed by atoms with van der Waals surface area (Å²) in [5, 5.41) is 3.33. The zero-order chi connectivity index (χ0) is 18.8. The summed E-state index contributed by atoms with van der Waals surface area (Å²) in [6.07, 6.45) is 2.14. The molecule has 0 spiro atoms. The van der Waals surface area contributed by atoms with Crippen molar-refractivity contribution >= 4 is 11.5 Å². The highest BCUT2D eigenvalue weighted by molar-refractivity contribution is 5.86. The van der Waals surface area contributed by atoms with Crippen molar-refractivity contribution in [2.75, 3.05) is 39.8 Å². The first kappa shape index (κ1) is 17.9. The van der Waals surface area contributed by atoms with E-state index < -0.39 is 0 Å². The first-order valence-corrected chi connectivity index (χ1v) is 9.38. The van der Waals surface area contributed by atoms with E-state index in [2.05, 4.69) is 35.5 Å². The second-order valence-corrected chi connectivity index (χ2v) is 7.25. The number of hydrogen-bond acceptors (Lipinski definition) is 3. The molecule has 1 saturated heterocycles. The fourth-order valence-corrected chi connectivity index (χ4v) is 3.44. The van der Waals surface area contributed by atoms with Gasteiger partial charge in [-0.05, 0) is 41.4 Å². The molecule has 1 atom stereocenters. The minimum atomic E-state index is -0.224. The lowest BCUT2D eigenvalue weighted by atomic mass is 10.0. The Labute approximate surface area is 159 Å². The summed E-state index contributed by atoms with van der Waals surface area (Å²) in [5.74, 6) is -0.0482. The maximum Gasteiger partial charge on any atom is 0.236 e. The Balaban J connectivity index is 1.28. The molecule has 1 fully saturated rings. The molecule has 1 N–H and O–H groups in total. The first-order valence-electron chi connectivity index (χ1n) is 9.38. The average molecular weight is 365 g/mol. The summed E-state index contributed by atoms with van der Waals surface area (Å²) in [7, 11) is 2.09. The van der Waals surface area contributed by atoms with Crippen molar-refractivity contribution in [3.05, 3.63) is 66.0 Å². The number of nitrogens with zero attached hydrogens (tertiary/aromatic N) is 2. The van der Waals surface area contributed by atoms with Gasteiger partial charge in [-0.2, -0.15) is 0 Å². The van der Waals surface area contributed by atoms with Gasteiger partial charge in [0.15, 0.2) is 0 Å². The van der Waals surface area contributed by atoms with Gasteiger partial charge in [-0.25, -0.2) is 4.39 Å². The molecule has 2 aromatic carbocycles. The number of halogens is 1. The molecule has 0 bridgehead atoms. The van der Waals surface area contributed by atoms with Crippen molar-refractivity contribution in [1.29, 1.82) is 0 Å². The third-order valence-electron chi connectivity index (χ3n) is 5.30. The Hall–Kier alpha value is -2.50. The van der Waals surface area contributed by atoms with Crippen LogP contribution in [0.4, 0.5) is 4.39 Å². The zero-order valence-corrected chi connectivity index (χ0v) is 15.5. The van der Waals surface area contributed by atoms with Crippen molar-refractivity contribution in [1.82, 2.24) is 15.1 Å². The zero-order valence-electron chi connectivity index (χ0n) is 15.5. The van der Waals surface area contributed by atoms with Gasteiger partial charge in [0.25, 0.3) is 0 Å². The number of rotatable bonds is 5. The van der Waals surface area contributed by atoms with Gasteiger partial charge in [0.05, 0.1) is 12.6 Å². The Morgan fingerprint density at radius 1 is 0.963 bits per heavy atom. The Kier molecular flexibility index (Phi) is 5.05. The number of carbonyl (C=O) groups excluding carboxylic acids is 1. The number of likely N-dealkylation sites (N-methyl/N-ethyl adjacent to an activating group) is 1. The smallest absolute Gasteiger partial charge is 0.236 e.